The van der Waals surface area contributed by atoms with Gasteiger partial charge in [0.2, 0.25) is 11.8 Å². The molecule has 0 aliphatic carbocycles. The Balaban J connectivity index is 1.37. The zero-order chi connectivity index (χ0) is 25.2. The van der Waals surface area contributed by atoms with Crippen molar-refractivity contribution in [1.29, 1.82) is 0 Å². The number of carbonyl (C=O) groups is 2. The second-order valence-electron chi connectivity index (χ2n) is 9.73. The van der Waals surface area contributed by atoms with E-state index in [0.717, 1.165) is 21.7 Å². The SMILES string of the molecule is COC([C@H](C)NC(=O)C1(C)COC1)N1C[C@H](O)C[C@H]1C(=O)NCc1ccc(-c2scnc2C)cc1. The number of benzene rings is 1. The molecule has 190 valence electrons. The van der Waals surface area contributed by atoms with Gasteiger partial charge in [0.15, 0.2) is 0 Å². The maximum atomic E-state index is 13.1. The van der Waals surface area contributed by atoms with Crippen LogP contribution < -0.4 is 10.6 Å². The standard InChI is InChI=1S/C25H34N4O5S/c1-15-21(35-14-27-15)18-7-5-17(6-8-18)10-26-22(31)20-9-19(30)11-29(20)23(33-4)16(2)28-24(32)25(3)12-34-13-25/h5-8,14,16,19-20,23,30H,9-13H2,1-4H3,(H,26,31)(H,28,32)/t16-,19+,20-,23?/m0/s1. The Labute approximate surface area is 209 Å². The fourth-order valence-corrected chi connectivity index (χ4v) is 5.47. The fraction of sp³-hybridized carbons (Fsp3) is 0.560. The van der Waals surface area contributed by atoms with Crippen molar-refractivity contribution in [3.8, 4) is 10.4 Å². The first-order valence-corrected chi connectivity index (χ1v) is 12.7. The highest BCUT2D eigenvalue weighted by Gasteiger charge is 2.45. The Morgan fingerprint density at radius 3 is 2.63 bits per heavy atom. The van der Waals surface area contributed by atoms with Crippen molar-refractivity contribution >= 4 is 23.2 Å². The number of aromatic nitrogens is 1. The quantitative estimate of drug-likeness (QED) is 0.478. The van der Waals surface area contributed by atoms with E-state index in [4.69, 9.17) is 9.47 Å². The van der Waals surface area contributed by atoms with Crippen molar-refractivity contribution in [1.82, 2.24) is 20.5 Å². The van der Waals surface area contributed by atoms with Crippen LogP contribution >= 0.6 is 11.3 Å². The lowest BCUT2D eigenvalue weighted by Crippen LogP contribution is -2.60. The second kappa shape index (κ2) is 10.7. The average Bonchev–Trinajstić information content (AvgIpc) is 3.42. The van der Waals surface area contributed by atoms with Crippen LogP contribution in [0, 0.1) is 12.3 Å². The van der Waals surface area contributed by atoms with E-state index in [1.54, 1.807) is 18.4 Å². The van der Waals surface area contributed by atoms with Gasteiger partial charge in [-0.05, 0) is 38.3 Å². The molecule has 9 nitrogen and oxygen atoms in total. The first-order valence-electron chi connectivity index (χ1n) is 11.8. The van der Waals surface area contributed by atoms with Crippen LogP contribution in [-0.2, 0) is 25.6 Å². The van der Waals surface area contributed by atoms with E-state index < -0.39 is 23.8 Å². The number of likely N-dealkylation sites (tertiary alicyclic amines) is 1. The number of nitrogens with one attached hydrogen (secondary N) is 2. The van der Waals surface area contributed by atoms with Crippen LogP contribution in [0.3, 0.4) is 0 Å². The van der Waals surface area contributed by atoms with Gasteiger partial charge in [0.1, 0.15) is 6.23 Å². The molecule has 2 saturated heterocycles. The number of aliphatic hydroxyl groups is 1. The van der Waals surface area contributed by atoms with Gasteiger partial charge in [-0.15, -0.1) is 11.3 Å². The molecule has 4 rings (SSSR count). The van der Waals surface area contributed by atoms with Gasteiger partial charge < -0.3 is 25.2 Å². The van der Waals surface area contributed by atoms with Crippen LogP contribution in [0.2, 0.25) is 0 Å². The summed E-state index contributed by atoms with van der Waals surface area (Å²) in [6.07, 6.45) is -0.897. The van der Waals surface area contributed by atoms with Crippen molar-refractivity contribution in [3.05, 3.63) is 41.0 Å². The summed E-state index contributed by atoms with van der Waals surface area (Å²) in [6, 6.07) is 7.12. The molecule has 1 aromatic carbocycles. The number of methoxy groups -OCH3 is 1. The summed E-state index contributed by atoms with van der Waals surface area (Å²) in [5.41, 5.74) is 4.38. The first kappa shape index (κ1) is 25.7. The molecular weight excluding hydrogens is 468 g/mol. The number of aryl methyl sites for hydroxylation is 1. The summed E-state index contributed by atoms with van der Waals surface area (Å²) in [5.74, 6) is -0.278. The second-order valence-corrected chi connectivity index (χ2v) is 10.6. The van der Waals surface area contributed by atoms with E-state index in [9.17, 15) is 14.7 Å². The molecule has 0 spiro atoms. The van der Waals surface area contributed by atoms with Crippen molar-refractivity contribution in [2.24, 2.45) is 5.41 Å². The summed E-state index contributed by atoms with van der Waals surface area (Å²) in [6.45, 7) is 7.15. The number of aliphatic hydroxyl groups excluding tert-OH is 1. The third kappa shape index (κ3) is 5.57. The number of hydrogen-bond acceptors (Lipinski definition) is 8. The zero-order valence-corrected chi connectivity index (χ0v) is 21.4. The first-order chi connectivity index (χ1) is 16.7. The predicted octanol–water partition coefficient (Wildman–Crippen LogP) is 1.68. The van der Waals surface area contributed by atoms with E-state index >= 15 is 0 Å². The van der Waals surface area contributed by atoms with Crippen LogP contribution in [0.4, 0.5) is 0 Å². The van der Waals surface area contributed by atoms with Crippen LogP contribution in [0.5, 0.6) is 0 Å². The molecule has 0 radical (unpaired) electrons. The minimum atomic E-state index is -0.647. The Morgan fingerprint density at radius 2 is 2.06 bits per heavy atom. The minimum absolute atomic E-state index is 0.101. The summed E-state index contributed by atoms with van der Waals surface area (Å²) < 4.78 is 10.9. The van der Waals surface area contributed by atoms with Gasteiger partial charge in [0.25, 0.3) is 0 Å². The molecule has 4 atom stereocenters. The number of hydrogen-bond donors (Lipinski definition) is 3. The van der Waals surface area contributed by atoms with Crippen LogP contribution in [0.1, 0.15) is 31.5 Å². The van der Waals surface area contributed by atoms with Crippen LogP contribution in [0.15, 0.2) is 29.8 Å². The number of rotatable bonds is 9. The number of carbonyl (C=O) groups excluding carboxylic acids is 2. The zero-order valence-electron chi connectivity index (χ0n) is 20.6. The average molecular weight is 503 g/mol. The Bertz CT molecular complexity index is 1040. The summed E-state index contributed by atoms with van der Waals surface area (Å²) in [7, 11) is 1.55. The number of amides is 2. The van der Waals surface area contributed by atoms with Gasteiger partial charge in [-0.1, -0.05) is 24.3 Å². The molecule has 0 saturated carbocycles. The lowest BCUT2D eigenvalue weighted by Gasteiger charge is -2.40. The molecule has 35 heavy (non-hydrogen) atoms. The van der Waals surface area contributed by atoms with Crippen LogP contribution in [-0.4, -0.2) is 78.1 Å². The molecule has 2 fully saturated rings. The molecule has 2 aromatic rings. The third-order valence-corrected chi connectivity index (χ3v) is 7.77. The normalized spacial score (nSPS) is 23.3. The highest BCUT2D eigenvalue weighted by Crippen LogP contribution is 2.29. The summed E-state index contributed by atoms with van der Waals surface area (Å²) in [5, 5.41) is 16.3. The Morgan fingerprint density at radius 1 is 1.34 bits per heavy atom. The van der Waals surface area contributed by atoms with Crippen LogP contribution in [0.25, 0.3) is 10.4 Å². The number of nitrogens with zero attached hydrogens (tertiary/aromatic N) is 2. The fourth-order valence-electron chi connectivity index (χ4n) is 4.66. The van der Waals surface area contributed by atoms with Gasteiger partial charge in [-0.2, -0.15) is 0 Å². The monoisotopic (exact) mass is 502 g/mol. The van der Waals surface area contributed by atoms with Crippen molar-refractivity contribution in [2.45, 2.75) is 58.2 Å². The number of ether oxygens (including phenoxy) is 2. The smallest absolute Gasteiger partial charge is 0.237 e. The van der Waals surface area contributed by atoms with E-state index in [1.165, 1.54) is 0 Å². The summed E-state index contributed by atoms with van der Waals surface area (Å²) >= 11 is 1.61. The van der Waals surface area contributed by atoms with Crippen molar-refractivity contribution in [3.63, 3.8) is 0 Å². The maximum Gasteiger partial charge on any atom is 0.237 e. The molecule has 10 heteroatoms. The molecule has 1 unspecified atom stereocenters. The summed E-state index contributed by atoms with van der Waals surface area (Å²) in [4.78, 5) is 33.0. The molecular formula is C25H34N4O5S. The number of β-amino-alcohol motifs (C(OH)–C–C–N with tert-alkyl or cyclic N) is 1. The van der Waals surface area contributed by atoms with Gasteiger partial charge in [0, 0.05) is 20.2 Å². The van der Waals surface area contributed by atoms with E-state index in [1.807, 2.05) is 55.4 Å². The number of thiazole rings is 1. The third-order valence-electron chi connectivity index (χ3n) is 6.79. The molecule has 3 heterocycles. The van der Waals surface area contributed by atoms with E-state index in [0.29, 0.717) is 32.7 Å². The van der Waals surface area contributed by atoms with Gasteiger partial charge in [0.05, 0.1) is 52.9 Å². The highest BCUT2D eigenvalue weighted by atomic mass is 32.1. The molecule has 1 aromatic heterocycles. The Kier molecular flexibility index (Phi) is 7.87. The van der Waals surface area contributed by atoms with Crippen molar-refractivity contribution in [2.75, 3.05) is 26.9 Å². The van der Waals surface area contributed by atoms with Crippen molar-refractivity contribution < 1.29 is 24.2 Å². The molecule has 2 amide bonds. The highest BCUT2D eigenvalue weighted by molar-refractivity contribution is 7.13. The Hall–Kier alpha value is -2.37. The van der Waals surface area contributed by atoms with Gasteiger partial charge >= 0.3 is 0 Å². The van der Waals surface area contributed by atoms with E-state index in [-0.39, 0.29) is 17.9 Å². The molecule has 3 N–H and O–H groups in total. The minimum Gasteiger partial charge on any atom is -0.392 e. The van der Waals surface area contributed by atoms with Gasteiger partial charge in [-0.25, -0.2) is 4.98 Å². The topological polar surface area (TPSA) is 113 Å². The molecule has 0 bridgehead atoms. The lowest BCUT2D eigenvalue weighted by atomic mass is 9.87. The lowest BCUT2D eigenvalue weighted by molar-refractivity contribution is -0.160. The van der Waals surface area contributed by atoms with Gasteiger partial charge in [-0.3, -0.25) is 14.5 Å². The maximum absolute atomic E-state index is 13.1. The predicted molar refractivity (Wildman–Crippen MR) is 133 cm³/mol. The largest absolute Gasteiger partial charge is 0.392 e. The molecule has 2 aliphatic rings. The molecule has 2 aliphatic heterocycles. The van der Waals surface area contributed by atoms with E-state index in [2.05, 4.69) is 15.6 Å².